The molecule has 1 unspecified atom stereocenters. The molecule has 0 radical (unpaired) electrons. The van der Waals surface area contributed by atoms with Gasteiger partial charge in [-0.05, 0) is 37.7 Å². The first-order valence-electron chi connectivity index (χ1n) is 4.94. The molecule has 4 heteroatoms. The molecular weight excluding hydrogens is 208 g/mol. The fraction of sp³-hybridized carbons (Fsp3) is 0.545. The number of nitriles is 1. The van der Waals surface area contributed by atoms with Gasteiger partial charge in [0.1, 0.15) is 11.3 Å². The van der Waals surface area contributed by atoms with Gasteiger partial charge in [-0.25, -0.2) is 0 Å². The molecule has 0 spiro atoms. The molecule has 0 aliphatic carbocycles. The van der Waals surface area contributed by atoms with Crippen LogP contribution in [-0.4, -0.2) is 11.3 Å². The van der Waals surface area contributed by atoms with Crippen LogP contribution >= 0.6 is 11.8 Å². The van der Waals surface area contributed by atoms with Gasteiger partial charge in [0, 0.05) is 0 Å². The van der Waals surface area contributed by atoms with Gasteiger partial charge in [-0.15, -0.1) is 0 Å². The van der Waals surface area contributed by atoms with Crippen LogP contribution in [0, 0.1) is 11.3 Å². The van der Waals surface area contributed by atoms with Gasteiger partial charge in [-0.2, -0.15) is 17.0 Å². The molecule has 2 N–H and O–H groups in total. The molecule has 0 aliphatic heterocycles. The predicted octanol–water partition coefficient (Wildman–Crippen LogP) is 2.53. The van der Waals surface area contributed by atoms with Crippen LogP contribution in [0.5, 0.6) is 0 Å². The molecule has 1 aromatic heterocycles. The van der Waals surface area contributed by atoms with Crippen LogP contribution in [0.25, 0.3) is 0 Å². The number of rotatable bonds is 6. The minimum Gasteiger partial charge on any atom is -0.468 e. The van der Waals surface area contributed by atoms with E-state index in [1.54, 1.807) is 24.9 Å². The number of hydrogen-bond acceptors (Lipinski definition) is 4. The summed E-state index contributed by atoms with van der Waals surface area (Å²) in [5, 5.41) is 8.70. The van der Waals surface area contributed by atoms with Crippen molar-refractivity contribution >= 4 is 11.8 Å². The van der Waals surface area contributed by atoms with Crippen LogP contribution in [0.1, 0.15) is 25.5 Å². The number of hydrogen-bond donors (Lipinski definition) is 1. The van der Waals surface area contributed by atoms with Crippen molar-refractivity contribution in [2.75, 3.05) is 5.75 Å². The second-order valence-corrected chi connectivity index (χ2v) is 4.87. The summed E-state index contributed by atoms with van der Waals surface area (Å²) in [5.74, 6) is 2.89. The molecule has 0 saturated carbocycles. The maximum absolute atomic E-state index is 8.70. The number of nitrogens with zero attached hydrogens (tertiary/aromatic N) is 1. The third-order valence-electron chi connectivity index (χ3n) is 2.06. The molecule has 1 atom stereocenters. The summed E-state index contributed by atoms with van der Waals surface area (Å²) in [7, 11) is 0. The lowest BCUT2D eigenvalue weighted by Gasteiger charge is -2.13. The highest BCUT2D eigenvalue weighted by atomic mass is 32.2. The van der Waals surface area contributed by atoms with E-state index >= 15 is 0 Å². The molecule has 0 aliphatic rings. The van der Waals surface area contributed by atoms with Gasteiger partial charge >= 0.3 is 0 Å². The minimum absolute atomic E-state index is 0.675. The second kappa shape index (κ2) is 5.84. The Morgan fingerprint density at radius 1 is 1.67 bits per heavy atom. The van der Waals surface area contributed by atoms with Crippen LogP contribution < -0.4 is 5.73 Å². The standard InChI is InChI=1S/C11H16N2OS/c1-11(13,9-12)5-3-7-15-8-10-4-2-6-14-10/h2,4,6H,3,5,7-8,13H2,1H3. The van der Waals surface area contributed by atoms with Gasteiger partial charge in [0.15, 0.2) is 0 Å². The highest BCUT2D eigenvalue weighted by Crippen LogP contribution is 2.16. The third-order valence-corrected chi connectivity index (χ3v) is 3.13. The molecule has 15 heavy (non-hydrogen) atoms. The molecule has 1 rings (SSSR count). The lowest BCUT2D eigenvalue weighted by molar-refractivity contribution is 0.529. The Labute approximate surface area is 94.6 Å². The summed E-state index contributed by atoms with van der Waals surface area (Å²) in [6.07, 6.45) is 3.39. The molecule has 0 saturated heterocycles. The first kappa shape index (κ1) is 12.2. The van der Waals surface area contributed by atoms with Crippen LogP contribution in [0.4, 0.5) is 0 Å². The van der Waals surface area contributed by atoms with Crippen molar-refractivity contribution in [3.05, 3.63) is 24.2 Å². The monoisotopic (exact) mass is 224 g/mol. The highest BCUT2D eigenvalue weighted by molar-refractivity contribution is 7.98. The summed E-state index contributed by atoms with van der Waals surface area (Å²) in [6.45, 7) is 1.77. The van der Waals surface area contributed by atoms with E-state index in [4.69, 9.17) is 15.4 Å². The van der Waals surface area contributed by atoms with E-state index in [0.29, 0.717) is 0 Å². The molecule has 0 aromatic carbocycles. The van der Waals surface area contributed by atoms with Gasteiger partial charge in [0.25, 0.3) is 0 Å². The Hall–Kier alpha value is -0.920. The largest absolute Gasteiger partial charge is 0.468 e. The van der Waals surface area contributed by atoms with E-state index in [1.165, 1.54) is 0 Å². The zero-order valence-electron chi connectivity index (χ0n) is 8.90. The average molecular weight is 224 g/mol. The zero-order chi connectivity index (χ0) is 11.1. The van der Waals surface area contributed by atoms with Crippen LogP contribution in [0.15, 0.2) is 22.8 Å². The van der Waals surface area contributed by atoms with Crippen LogP contribution in [0.3, 0.4) is 0 Å². The Balaban J connectivity index is 2.06. The van der Waals surface area contributed by atoms with Gasteiger partial charge in [-0.1, -0.05) is 0 Å². The topological polar surface area (TPSA) is 63.0 Å². The smallest absolute Gasteiger partial charge is 0.113 e. The van der Waals surface area contributed by atoms with Crippen LogP contribution in [0.2, 0.25) is 0 Å². The first-order chi connectivity index (χ1) is 7.14. The molecular formula is C11H16N2OS. The van der Waals surface area contributed by atoms with Gasteiger partial charge < -0.3 is 10.2 Å². The van der Waals surface area contributed by atoms with Gasteiger partial charge in [0.05, 0.1) is 18.1 Å². The van der Waals surface area contributed by atoms with Gasteiger partial charge in [0.2, 0.25) is 0 Å². The average Bonchev–Trinajstić information content (AvgIpc) is 2.70. The van der Waals surface area contributed by atoms with E-state index in [1.807, 2.05) is 12.1 Å². The van der Waals surface area contributed by atoms with Crippen LogP contribution in [-0.2, 0) is 5.75 Å². The summed E-state index contributed by atoms with van der Waals surface area (Å²) in [4.78, 5) is 0. The highest BCUT2D eigenvalue weighted by Gasteiger charge is 2.15. The maximum atomic E-state index is 8.70. The van der Waals surface area contributed by atoms with Crippen molar-refractivity contribution in [3.63, 3.8) is 0 Å². The van der Waals surface area contributed by atoms with E-state index in [9.17, 15) is 0 Å². The van der Waals surface area contributed by atoms with Crippen molar-refractivity contribution in [2.24, 2.45) is 5.73 Å². The summed E-state index contributed by atoms with van der Waals surface area (Å²) in [6, 6.07) is 5.95. The van der Waals surface area contributed by atoms with Crippen molar-refractivity contribution < 1.29 is 4.42 Å². The number of thioether (sulfide) groups is 1. The second-order valence-electron chi connectivity index (χ2n) is 3.76. The third kappa shape index (κ3) is 4.91. The molecule has 82 valence electrons. The Bertz CT molecular complexity index is 314. The summed E-state index contributed by atoms with van der Waals surface area (Å²) < 4.78 is 5.20. The molecule has 1 heterocycles. The lowest BCUT2D eigenvalue weighted by atomic mass is 10.0. The predicted molar refractivity (Wildman–Crippen MR) is 62.3 cm³/mol. The summed E-state index contributed by atoms with van der Waals surface area (Å²) >= 11 is 1.80. The van der Waals surface area contributed by atoms with Crippen molar-refractivity contribution in [3.8, 4) is 6.07 Å². The molecule has 0 bridgehead atoms. The molecule has 1 aromatic rings. The van der Waals surface area contributed by atoms with E-state index in [-0.39, 0.29) is 0 Å². The van der Waals surface area contributed by atoms with Gasteiger partial charge in [-0.3, -0.25) is 0 Å². The normalized spacial score (nSPS) is 14.5. The van der Waals surface area contributed by atoms with E-state index in [0.717, 1.165) is 30.1 Å². The molecule has 3 nitrogen and oxygen atoms in total. The van der Waals surface area contributed by atoms with E-state index in [2.05, 4.69) is 6.07 Å². The van der Waals surface area contributed by atoms with E-state index < -0.39 is 5.54 Å². The number of nitrogens with two attached hydrogens (primary N) is 1. The Morgan fingerprint density at radius 3 is 3.07 bits per heavy atom. The quantitative estimate of drug-likeness (QED) is 0.754. The fourth-order valence-corrected chi connectivity index (χ4v) is 2.02. The zero-order valence-corrected chi connectivity index (χ0v) is 9.72. The maximum Gasteiger partial charge on any atom is 0.113 e. The number of furan rings is 1. The SMILES string of the molecule is CC(N)(C#N)CCCSCc1ccco1. The lowest BCUT2D eigenvalue weighted by Crippen LogP contribution is -2.33. The van der Waals surface area contributed by atoms with Crippen molar-refractivity contribution in [2.45, 2.75) is 31.1 Å². The summed E-state index contributed by atoms with van der Waals surface area (Å²) in [5.41, 5.74) is 5.03. The molecule has 0 fully saturated rings. The van der Waals surface area contributed by atoms with Crippen molar-refractivity contribution in [1.82, 2.24) is 0 Å². The minimum atomic E-state index is -0.675. The fourth-order valence-electron chi connectivity index (χ4n) is 1.16. The molecule has 0 amide bonds. The Kier molecular flexibility index (Phi) is 4.73. The van der Waals surface area contributed by atoms with Crippen molar-refractivity contribution in [1.29, 1.82) is 5.26 Å². The Morgan fingerprint density at radius 2 is 2.47 bits per heavy atom. The first-order valence-corrected chi connectivity index (χ1v) is 6.10.